The van der Waals surface area contributed by atoms with E-state index < -0.39 is 0 Å². The Balaban J connectivity index is 0.00000144. The standard InChI is InChI=1S/C9H18N2O.ClH/c1-3-9(12)11-5-4-8(10)7(2)6-11;/h7-8H,3-6,10H2,1-2H3;1H. The maximum atomic E-state index is 11.3. The molecule has 78 valence electrons. The van der Waals surface area contributed by atoms with Gasteiger partial charge in [0.2, 0.25) is 5.91 Å². The van der Waals surface area contributed by atoms with Crippen LogP contribution >= 0.6 is 12.4 Å². The largest absolute Gasteiger partial charge is 0.342 e. The number of likely N-dealkylation sites (tertiary alicyclic amines) is 1. The van der Waals surface area contributed by atoms with Gasteiger partial charge in [0.15, 0.2) is 0 Å². The molecule has 2 N–H and O–H groups in total. The average molecular weight is 207 g/mol. The number of piperidine rings is 1. The van der Waals surface area contributed by atoms with Crippen LogP contribution in [0.4, 0.5) is 0 Å². The summed E-state index contributed by atoms with van der Waals surface area (Å²) in [6.07, 6.45) is 1.56. The van der Waals surface area contributed by atoms with Gasteiger partial charge in [-0.3, -0.25) is 4.79 Å². The summed E-state index contributed by atoms with van der Waals surface area (Å²) in [6.45, 7) is 5.70. The number of carbonyl (C=O) groups is 1. The lowest BCUT2D eigenvalue weighted by Gasteiger charge is -2.34. The van der Waals surface area contributed by atoms with E-state index in [9.17, 15) is 4.79 Å². The zero-order chi connectivity index (χ0) is 9.14. The lowest BCUT2D eigenvalue weighted by Crippen LogP contribution is -2.47. The van der Waals surface area contributed by atoms with Crippen LogP contribution in [-0.4, -0.2) is 29.9 Å². The Morgan fingerprint density at radius 3 is 2.69 bits per heavy atom. The summed E-state index contributed by atoms with van der Waals surface area (Å²) < 4.78 is 0. The molecule has 0 saturated carbocycles. The fourth-order valence-corrected chi connectivity index (χ4v) is 1.61. The van der Waals surface area contributed by atoms with E-state index in [0.29, 0.717) is 12.3 Å². The zero-order valence-corrected chi connectivity index (χ0v) is 9.14. The number of rotatable bonds is 1. The van der Waals surface area contributed by atoms with Crippen molar-refractivity contribution >= 4 is 18.3 Å². The minimum absolute atomic E-state index is 0. The highest BCUT2D eigenvalue weighted by Crippen LogP contribution is 2.15. The van der Waals surface area contributed by atoms with Crippen LogP contribution in [0.2, 0.25) is 0 Å². The molecular weight excluding hydrogens is 188 g/mol. The van der Waals surface area contributed by atoms with E-state index in [1.54, 1.807) is 0 Å². The summed E-state index contributed by atoms with van der Waals surface area (Å²) in [6, 6.07) is 0.283. The maximum Gasteiger partial charge on any atom is 0.222 e. The molecule has 1 aliphatic rings. The van der Waals surface area contributed by atoms with Crippen LogP contribution in [0.1, 0.15) is 26.7 Å². The number of halogens is 1. The van der Waals surface area contributed by atoms with Crippen LogP contribution in [-0.2, 0) is 4.79 Å². The summed E-state index contributed by atoms with van der Waals surface area (Å²) in [5.41, 5.74) is 5.84. The topological polar surface area (TPSA) is 46.3 Å². The normalized spacial score (nSPS) is 28.1. The number of nitrogens with zero attached hydrogens (tertiary/aromatic N) is 1. The second-order valence-corrected chi connectivity index (χ2v) is 3.62. The van der Waals surface area contributed by atoms with Crippen molar-refractivity contribution in [2.75, 3.05) is 13.1 Å². The van der Waals surface area contributed by atoms with Crippen LogP contribution in [0, 0.1) is 5.92 Å². The van der Waals surface area contributed by atoms with E-state index >= 15 is 0 Å². The van der Waals surface area contributed by atoms with Gasteiger partial charge in [-0.2, -0.15) is 0 Å². The quantitative estimate of drug-likeness (QED) is 0.696. The van der Waals surface area contributed by atoms with Gasteiger partial charge in [-0.1, -0.05) is 13.8 Å². The van der Waals surface area contributed by atoms with E-state index in [2.05, 4.69) is 6.92 Å². The van der Waals surface area contributed by atoms with E-state index in [0.717, 1.165) is 19.5 Å². The average Bonchev–Trinajstić information content (AvgIpc) is 2.08. The molecule has 0 aromatic rings. The molecule has 1 amide bonds. The van der Waals surface area contributed by atoms with Crippen molar-refractivity contribution < 1.29 is 4.79 Å². The third-order valence-electron chi connectivity index (χ3n) is 2.63. The van der Waals surface area contributed by atoms with Gasteiger partial charge >= 0.3 is 0 Å². The van der Waals surface area contributed by atoms with Gasteiger partial charge in [0.05, 0.1) is 0 Å². The molecule has 3 nitrogen and oxygen atoms in total. The molecule has 0 aliphatic carbocycles. The van der Waals surface area contributed by atoms with Gasteiger partial charge in [0.1, 0.15) is 0 Å². The summed E-state index contributed by atoms with van der Waals surface area (Å²) in [5.74, 6) is 0.711. The molecule has 2 unspecified atom stereocenters. The molecule has 0 aromatic heterocycles. The van der Waals surface area contributed by atoms with Gasteiger partial charge in [-0.15, -0.1) is 12.4 Å². The first kappa shape index (κ1) is 12.7. The Bertz CT molecular complexity index is 175. The van der Waals surface area contributed by atoms with Gasteiger partial charge in [-0.05, 0) is 12.3 Å². The Morgan fingerprint density at radius 1 is 1.62 bits per heavy atom. The Morgan fingerprint density at radius 2 is 2.23 bits per heavy atom. The first-order chi connectivity index (χ1) is 5.65. The molecular formula is C9H19ClN2O. The van der Waals surface area contributed by atoms with Crippen molar-refractivity contribution in [1.29, 1.82) is 0 Å². The second-order valence-electron chi connectivity index (χ2n) is 3.62. The van der Waals surface area contributed by atoms with E-state index in [4.69, 9.17) is 5.73 Å². The van der Waals surface area contributed by atoms with Gasteiger partial charge in [0, 0.05) is 25.6 Å². The number of nitrogens with two attached hydrogens (primary N) is 1. The predicted octanol–water partition coefficient (Wildman–Crippen LogP) is 1.01. The fourth-order valence-electron chi connectivity index (χ4n) is 1.61. The fraction of sp³-hybridized carbons (Fsp3) is 0.889. The number of hydrogen-bond acceptors (Lipinski definition) is 2. The van der Waals surface area contributed by atoms with Crippen molar-refractivity contribution in [1.82, 2.24) is 4.90 Å². The van der Waals surface area contributed by atoms with Crippen molar-refractivity contribution in [2.45, 2.75) is 32.7 Å². The molecule has 1 aliphatic heterocycles. The van der Waals surface area contributed by atoms with Crippen molar-refractivity contribution in [3.63, 3.8) is 0 Å². The van der Waals surface area contributed by atoms with Crippen LogP contribution in [0.25, 0.3) is 0 Å². The molecule has 1 heterocycles. The Labute approximate surface area is 86.1 Å². The summed E-state index contributed by atoms with van der Waals surface area (Å²) in [5, 5.41) is 0. The molecule has 1 saturated heterocycles. The number of carbonyl (C=O) groups excluding carboxylic acids is 1. The summed E-state index contributed by atoms with van der Waals surface area (Å²) in [4.78, 5) is 13.2. The van der Waals surface area contributed by atoms with Crippen molar-refractivity contribution in [3.8, 4) is 0 Å². The van der Waals surface area contributed by atoms with Crippen molar-refractivity contribution in [2.24, 2.45) is 11.7 Å². The minimum atomic E-state index is 0. The smallest absolute Gasteiger partial charge is 0.222 e. The lowest BCUT2D eigenvalue weighted by molar-refractivity contribution is -0.132. The Hall–Kier alpha value is -0.280. The molecule has 0 radical (unpaired) electrons. The third kappa shape index (κ3) is 3.16. The molecule has 1 fully saturated rings. The summed E-state index contributed by atoms with van der Waals surface area (Å²) in [7, 11) is 0. The molecule has 4 heteroatoms. The lowest BCUT2D eigenvalue weighted by atomic mass is 9.95. The van der Waals surface area contributed by atoms with Crippen LogP contribution in [0.5, 0.6) is 0 Å². The predicted molar refractivity (Wildman–Crippen MR) is 55.9 cm³/mol. The molecule has 0 spiro atoms. The first-order valence-corrected chi connectivity index (χ1v) is 4.68. The van der Waals surface area contributed by atoms with E-state index in [-0.39, 0.29) is 24.4 Å². The molecule has 2 atom stereocenters. The minimum Gasteiger partial charge on any atom is -0.342 e. The second kappa shape index (κ2) is 5.45. The number of amides is 1. The molecule has 0 aromatic carbocycles. The van der Waals surface area contributed by atoms with Crippen molar-refractivity contribution in [3.05, 3.63) is 0 Å². The van der Waals surface area contributed by atoms with E-state index in [1.807, 2.05) is 11.8 Å². The highest BCUT2D eigenvalue weighted by molar-refractivity contribution is 5.85. The molecule has 0 bridgehead atoms. The first-order valence-electron chi connectivity index (χ1n) is 4.68. The van der Waals surface area contributed by atoms with Crippen LogP contribution in [0.3, 0.4) is 0 Å². The van der Waals surface area contributed by atoms with Crippen LogP contribution < -0.4 is 5.73 Å². The Kier molecular flexibility index (Phi) is 5.33. The zero-order valence-electron chi connectivity index (χ0n) is 8.32. The van der Waals surface area contributed by atoms with E-state index in [1.165, 1.54) is 0 Å². The van der Waals surface area contributed by atoms with Gasteiger partial charge in [-0.25, -0.2) is 0 Å². The number of hydrogen-bond donors (Lipinski definition) is 1. The third-order valence-corrected chi connectivity index (χ3v) is 2.63. The molecule has 13 heavy (non-hydrogen) atoms. The maximum absolute atomic E-state index is 11.3. The van der Waals surface area contributed by atoms with Crippen LogP contribution in [0.15, 0.2) is 0 Å². The van der Waals surface area contributed by atoms with Gasteiger partial charge < -0.3 is 10.6 Å². The SMILES string of the molecule is CCC(=O)N1CCC(N)C(C)C1.Cl. The summed E-state index contributed by atoms with van der Waals surface area (Å²) >= 11 is 0. The molecule has 1 rings (SSSR count). The highest BCUT2D eigenvalue weighted by atomic mass is 35.5. The highest BCUT2D eigenvalue weighted by Gasteiger charge is 2.24. The van der Waals surface area contributed by atoms with Gasteiger partial charge in [0.25, 0.3) is 0 Å². The monoisotopic (exact) mass is 206 g/mol.